The van der Waals surface area contributed by atoms with Crippen molar-refractivity contribution in [1.82, 2.24) is 5.32 Å². The molecular formula is C21H27ClN2O4S. The van der Waals surface area contributed by atoms with E-state index in [2.05, 4.69) is 12.2 Å². The maximum Gasteiger partial charge on any atom is 0.240 e. The molecule has 158 valence electrons. The van der Waals surface area contributed by atoms with Gasteiger partial charge in [-0.3, -0.25) is 9.10 Å². The highest BCUT2D eigenvalue weighted by Gasteiger charge is 2.22. The van der Waals surface area contributed by atoms with Crippen LogP contribution in [0.1, 0.15) is 25.3 Å². The van der Waals surface area contributed by atoms with Gasteiger partial charge in [-0.1, -0.05) is 48.9 Å². The number of rotatable bonds is 11. The summed E-state index contributed by atoms with van der Waals surface area (Å²) in [6, 6.07) is 14.4. The molecule has 0 atom stereocenters. The third-order valence-corrected chi connectivity index (χ3v) is 5.63. The van der Waals surface area contributed by atoms with Crippen molar-refractivity contribution < 1.29 is 17.9 Å². The van der Waals surface area contributed by atoms with Gasteiger partial charge in [0.25, 0.3) is 0 Å². The molecule has 6 nitrogen and oxygen atoms in total. The molecule has 29 heavy (non-hydrogen) atoms. The number of aryl methyl sites for hydroxylation is 1. The predicted octanol–water partition coefficient (Wildman–Crippen LogP) is 3.64. The van der Waals surface area contributed by atoms with E-state index in [1.54, 1.807) is 24.3 Å². The van der Waals surface area contributed by atoms with Crippen LogP contribution in [0.5, 0.6) is 5.75 Å². The number of hydrogen-bond donors (Lipinski definition) is 1. The second-order valence-electron chi connectivity index (χ2n) is 6.63. The molecule has 0 aliphatic heterocycles. The summed E-state index contributed by atoms with van der Waals surface area (Å²) in [6.45, 7) is 2.83. The zero-order valence-electron chi connectivity index (χ0n) is 16.7. The highest BCUT2D eigenvalue weighted by Crippen LogP contribution is 2.26. The van der Waals surface area contributed by atoms with Crippen LogP contribution in [0.4, 0.5) is 5.69 Å². The van der Waals surface area contributed by atoms with Gasteiger partial charge < -0.3 is 10.1 Å². The molecule has 2 rings (SSSR count). The Bertz CT molecular complexity index is 918. The van der Waals surface area contributed by atoms with Gasteiger partial charge in [0.2, 0.25) is 15.9 Å². The first-order valence-corrected chi connectivity index (χ1v) is 11.7. The SMILES string of the molecule is CCCOc1ccccc1CCCNC(=O)CN(c1ccccc1Cl)S(C)(=O)=O. The first-order valence-electron chi connectivity index (χ1n) is 9.52. The molecule has 0 saturated heterocycles. The van der Waals surface area contributed by atoms with Crippen molar-refractivity contribution >= 4 is 33.2 Å². The number of nitrogens with zero attached hydrogens (tertiary/aromatic N) is 1. The van der Waals surface area contributed by atoms with Gasteiger partial charge in [-0.05, 0) is 43.0 Å². The molecule has 0 aliphatic rings. The Morgan fingerprint density at radius 3 is 2.52 bits per heavy atom. The van der Waals surface area contributed by atoms with Crippen LogP contribution in [0.25, 0.3) is 0 Å². The molecule has 0 aromatic heterocycles. The summed E-state index contributed by atoms with van der Waals surface area (Å²) in [6.07, 6.45) is 3.45. The lowest BCUT2D eigenvalue weighted by atomic mass is 10.1. The van der Waals surface area contributed by atoms with Gasteiger partial charge in [0, 0.05) is 6.54 Å². The molecule has 2 aromatic rings. The van der Waals surface area contributed by atoms with Crippen LogP contribution in [0, 0.1) is 0 Å². The van der Waals surface area contributed by atoms with Crippen molar-refractivity contribution in [3.8, 4) is 5.75 Å². The summed E-state index contributed by atoms with van der Waals surface area (Å²) >= 11 is 6.10. The van der Waals surface area contributed by atoms with Gasteiger partial charge in [0.05, 0.1) is 23.6 Å². The highest BCUT2D eigenvalue weighted by molar-refractivity contribution is 7.92. The molecule has 1 N–H and O–H groups in total. The number of hydrogen-bond acceptors (Lipinski definition) is 4. The summed E-state index contributed by atoms with van der Waals surface area (Å²) in [5, 5.41) is 3.05. The van der Waals surface area contributed by atoms with Crippen molar-refractivity contribution in [2.75, 3.05) is 30.3 Å². The number of carbonyl (C=O) groups excluding carboxylic acids is 1. The summed E-state index contributed by atoms with van der Waals surface area (Å²) in [7, 11) is -3.65. The standard InChI is InChI=1S/C21H27ClN2O4S/c1-3-15-28-20-13-7-4-9-17(20)10-8-14-23-21(25)16-24(29(2,26)27)19-12-6-5-11-18(19)22/h4-7,9,11-13H,3,8,10,14-16H2,1-2H3,(H,23,25). The Kier molecular flexibility index (Phi) is 8.79. The van der Waals surface area contributed by atoms with Gasteiger partial charge in [-0.25, -0.2) is 8.42 Å². The van der Waals surface area contributed by atoms with E-state index in [0.29, 0.717) is 19.6 Å². The molecule has 0 bridgehead atoms. The molecule has 0 spiro atoms. The third-order valence-electron chi connectivity index (χ3n) is 4.19. The fourth-order valence-electron chi connectivity index (χ4n) is 2.79. The Morgan fingerprint density at radius 1 is 1.14 bits per heavy atom. The van der Waals surface area contributed by atoms with Crippen LogP contribution in [0.2, 0.25) is 5.02 Å². The topological polar surface area (TPSA) is 75.7 Å². The number of nitrogens with one attached hydrogen (secondary N) is 1. The maximum atomic E-state index is 12.3. The number of ether oxygens (including phenoxy) is 1. The number of halogens is 1. The molecule has 2 aromatic carbocycles. The molecule has 0 heterocycles. The van der Waals surface area contributed by atoms with E-state index in [1.807, 2.05) is 24.3 Å². The van der Waals surface area contributed by atoms with Gasteiger partial charge in [-0.2, -0.15) is 0 Å². The molecule has 0 saturated carbocycles. The lowest BCUT2D eigenvalue weighted by molar-refractivity contribution is -0.119. The molecule has 8 heteroatoms. The van der Waals surface area contributed by atoms with Gasteiger partial charge >= 0.3 is 0 Å². The molecule has 0 aliphatic carbocycles. The van der Waals surface area contributed by atoms with E-state index in [0.717, 1.165) is 34.7 Å². The smallest absolute Gasteiger partial charge is 0.240 e. The summed E-state index contributed by atoms with van der Waals surface area (Å²) in [5.41, 5.74) is 1.37. The van der Waals surface area contributed by atoms with Crippen molar-refractivity contribution in [2.24, 2.45) is 0 Å². The van der Waals surface area contributed by atoms with Crippen LogP contribution in [0.15, 0.2) is 48.5 Å². The van der Waals surface area contributed by atoms with E-state index in [1.165, 1.54) is 0 Å². The first kappa shape index (κ1) is 23.0. The van der Waals surface area contributed by atoms with Crippen LogP contribution in [-0.2, 0) is 21.2 Å². The molecule has 0 fully saturated rings. The monoisotopic (exact) mass is 438 g/mol. The maximum absolute atomic E-state index is 12.3. The van der Waals surface area contributed by atoms with Crippen molar-refractivity contribution in [3.63, 3.8) is 0 Å². The van der Waals surface area contributed by atoms with E-state index in [4.69, 9.17) is 16.3 Å². The molecule has 1 amide bonds. The summed E-state index contributed by atoms with van der Waals surface area (Å²) in [4.78, 5) is 12.3. The molecule has 0 radical (unpaired) electrons. The Morgan fingerprint density at radius 2 is 1.83 bits per heavy atom. The van der Waals surface area contributed by atoms with Crippen molar-refractivity contribution in [3.05, 3.63) is 59.1 Å². The quantitative estimate of drug-likeness (QED) is 0.543. The molecular weight excluding hydrogens is 412 g/mol. The predicted molar refractivity (Wildman–Crippen MR) is 117 cm³/mol. The van der Waals surface area contributed by atoms with Gasteiger partial charge in [0.15, 0.2) is 0 Å². The van der Waals surface area contributed by atoms with Gasteiger partial charge in [-0.15, -0.1) is 0 Å². The minimum absolute atomic E-state index is 0.273. The van der Waals surface area contributed by atoms with Crippen LogP contribution < -0.4 is 14.4 Å². The lowest BCUT2D eigenvalue weighted by Gasteiger charge is -2.22. The normalized spacial score (nSPS) is 11.1. The fourth-order valence-corrected chi connectivity index (χ4v) is 3.95. The fraction of sp³-hybridized carbons (Fsp3) is 0.381. The minimum atomic E-state index is -3.65. The highest BCUT2D eigenvalue weighted by atomic mass is 35.5. The second kappa shape index (κ2) is 11.1. The van der Waals surface area contributed by atoms with Crippen LogP contribution >= 0.6 is 11.6 Å². The lowest BCUT2D eigenvalue weighted by Crippen LogP contribution is -2.40. The van der Waals surface area contributed by atoms with Crippen molar-refractivity contribution in [2.45, 2.75) is 26.2 Å². The number of sulfonamides is 1. The minimum Gasteiger partial charge on any atom is -0.493 e. The average molecular weight is 439 g/mol. The van der Waals surface area contributed by atoms with Crippen LogP contribution in [0.3, 0.4) is 0 Å². The third kappa shape index (κ3) is 7.25. The van der Waals surface area contributed by atoms with E-state index in [-0.39, 0.29) is 23.2 Å². The van der Waals surface area contributed by atoms with E-state index in [9.17, 15) is 13.2 Å². The van der Waals surface area contributed by atoms with Crippen molar-refractivity contribution in [1.29, 1.82) is 0 Å². The van der Waals surface area contributed by atoms with Crippen LogP contribution in [-0.4, -0.2) is 40.3 Å². The zero-order valence-corrected chi connectivity index (χ0v) is 18.3. The Labute approximate surface area is 177 Å². The molecule has 0 unspecified atom stereocenters. The summed E-state index contributed by atoms with van der Waals surface area (Å²) in [5.74, 6) is 0.480. The number of para-hydroxylation sites is 2. The first-order chi connectivity index (χ1) is 13.8. The summed E-state index contributed by atoms with van der Waals surface area (Å²) < 4.78 is 31.0. The average Bonchev–Trinajstić information content (AvgIpc) is 2.68. The van der Waals surface area contributed by atoms with E-state index >= 15 is 0 Å². The second-order valence-corrected chi connectivity index (χ2v) is 8.94. The Hall–Kier alpha value is -2.25. The largest absolute Gasteiger partial charge is 0.493 e. The zero-order chi connectivity index (χ0) is 21.3. The number of benzene rings is 2. The number of amides is 1. The number of anilines is 1. The van der Waals surface area contributed by atoms with E-state index < -0.39 is 10.0 Å². The number of carbonyl (C=O) groups is 1. The Balaban J connectivity index is 1.90. The van der Waals surface area contributed by atoms with Gasteiger partial charge in [0.1, 0.15) is 12.3 Å².